The zero-order valence-corrected chi connectivity index (χ0v) is 15.4. The standard InChI is InChI=1S/C21H18O9/c22-12-9-15(28-13-7-3-1-5-10(12)13)11-6-2-4-8-14(11)29-21-18(25)16(23)17(24)19(30-21)20(26)27/h1-9,16-19,21,23-25H,(H,26,27)/t16-,17-,18+,19-,21+/m0/s1. The van der Waals surface area contributed by atoms with Gasteiger partial charge in [0.1, 0.15) is 35.4 Å². The fourth-order valence-corrected chi connectivity index (χ4v) is 3.28. The van der Waals surface area contributed by atoms with E-state index < -0.39 is 36.7 Å². The minimum absolute atomic E-state index is 0.118. The Kier molecular flexibility index (Phi) is 5.27. The summed E-state index contributed by atoms with van der Waals surface area (Å²) in [5.41, 5.74) is 0.456. The van der Waals surface area contributed by atoms with Crippen LogP contribution < -0.4 is 10.2 Å². The second-order valence-corrected chi connectivity index (χ2v) is 6.82. The Morgan fingerprint density at radius 3 is 2.40 bits per heavy atom. The van der Waals surface area contributed by atoms with Crippen LogP contribution in [-0.2, 0) is 9.53 Å². The third-order valence-corrected chi connectivity index (χ3v) is 4.84. The molecule has 0 unspecified atom stereocenters. The van der Waals surface area contributed by atoms with Crippen molar-refractivity contribution >= 4 is 16.9 Å². The van der Waals surface area contributed by atoms with E-state index in [1.165, 1.54) is 12.1 Å². The molecule has 0 amide bonds. The van der Waals surface area contributed by atoms with Gasteiger partial charge < -0.3 is 34.3 Å². The summed E-state index contributed by atoms with van der Waals surface area (Å²) in [6, 6.07) is 14.4. The molecule has 1 aliphatic heterocycles. The number of aliphatic hydroxyl groups excluding tert-OH is 3. The van der Waals surface area contributed by atoms with Gasteiger partial charge in [0.25, 0.3) is 0 Å². The molecule has 1 fully saturated rings. The highest BCUT2D eigenvalue weighted by Crippen LogP contribution is 2.33. The van der Waals surface area contributed by atoms with Gasteiger partial charge in [-0.05, 0) is 24.3 Å². The smallest absolute Gasteiger partial charge is 0.335 e. The molecule has 1 aromatic heterocycles. The maximum Gasteiger partial charge on any atom is 0.335 e. The lowest BCUT2D eigenvalue weighted by molar-refractivity contribution is -0.271. The zero-order chi connectivity index (χ0) is 21.4. The number of ether oxygens (including phenoxy) is 2. The average molecular weight is 414 g/mol. The number of carboxylic acid groups (broad SMARTS) is 1. The van der Waals surface area contributed by atoms with Gasteiger partial charge in [0, 0.05) is 6.07 Å². The van der Waals surface area contributed by atoms with Gasteiger partial charge >= 0.3 is 5.97 Å². The molecule has 3 aromatic rings. The summed E-state index contributed by atoms with van der Waals surface area (Å²) < 4.78 is 16.6. The average Bonchev–Trinajstić information content (AvgIpc) is 2.74. The van der Waals surface area contributed by atoms with Crippen LogP contribution in [0.25, 0.3) is 22.3 Å². The zero-order valence-electron chi connectivity index (χ0n) is 15.4. The van der Waals surface area contributed by atoms with E-state index in [9.17, 15) is 30.0 Å². The number of carboxylic acids is 1. The first-order valence-corrected chi connectivity index (χ1v) is 9.08. The van der Waals surface area contributed by atoms with Gasteiger partial charge in [-0.3, -0.25) is 4.79 Å². The van der Waals surface area contributed by atoms with Gasteiger partial charge in [0.15, 0.2) is 11.5 Å². The Bertz CT molecular complexity index is 1140. The van der Waals surface area contributed by atoms with Gasteiger partial charge in [-0.25, -0.2) is 4.79 Å². The number of rotatable bonds is 4. The van der Waals surface area contributed by atoms with Crippen LogP contribution >= 0.6 is 0 Å². The first-order chi connectivity index (χ1) is 14.4. The number of hydrogen-bond acceptors (Lipinski definition) is 8. The molecule has 0 aliphatic carbocycles. The quantitative estimate of drug-likeness (QED) is 0.485. The molecule has 0 spiro atoms. The maximum absolute atomic E-state index is 12.4. The number of benzene rings is 2. The summed E-state index contributed by atoms with van der Waals surface area (Å²) in [4.78, 5) is 23.7. The molecule has 9 nitrogen and oxygen atoms in total. The second-order valence-electron chi connectivity index (χ2n) is 6.82. The lowest BCUT2D eigenvalue weighted by Crippen LogP contribution is -2.61. The van der Waals surface area contributed by atoms with Crippen LogP contribution in [0.5, 0.6) is 5.75 Å². The Morgan fingerprint density at radius 2 is 1.63 bits per heavy atom. The summed E-state index contributed by atoms with van der Waals surface area (Å²) in [7, 11) is 0. The molecule has 4 N–H and O–H groups in total. The van der Waals surface area contributed by atoms with Crippen molar-refractivity contribution in [3.8, 4) is 17.1 Å². The Balaban J connectivity index is 1.71. The molecule has 0 saturated carbocycles. The van der Waals surface area contributed by atoms with Crippen LogP contribution in [0, 0.1) is 0 Å². The molecular weight excluding hydrogens is 396 g/mol. The van der Waals surface area contributed by atoms with E-state index in [-0.39, 0.29) is 16.9 Å². The van der Waals surface area contributed by atoms with E-state index in [0.29, 0.717) is 16.5 Å². The molecule has 30 heavy (non-hydrogen) atoms. The van der Waals surface area contributed by atoms with Crippen molar-refractivity contribution in [2.75, 3.05) is 0 Å². The molecule has 2 heterocycles. The molecule has 9 heteroatoms. The van der Waals surface area contributed by atoms with Gasteiger partial charge in [0.05, 0.1) is 10.9 Å². The highest BCUT2D eigenvalue weighted by atomic mass is 16.7. The normalized spacial score (nSPS) is 26.4. The number of fused-ring (bicyclic) bond motifs is 1. The minimum atomic E-state index is -1.83. The van der Waals surface area contributed by atoms with E-state index in [1.807, 2.05) is 0 Å². The molecule has 5 atom stereocenters. The van der Waals surface area contributed by atoms with Crippen LogP contribution in [-0.4, -0.2) is 57.1 Å². The van der Waals surface area contributed by atoms with Crippen molar-refractivity contribution < 1.29 is 39.1 Å². The fourth-order valence-electron chi connectivity index (χ4n) is 3.28. The van der Waals surface area contributed by atoms with Crippen molar-refractivity contribution in [1.82, 2.24) is 0 Å². The van der Waals surface area contributed by atoms with Crippen LogP contribution in [0.15, 0.2) is 63.8 Å². The number of hydrogen-bond donors (Lipinski definition) is 4. The van der Waals surface area contributed by atoms with Gasteiger partial charge in [-0.15, -0.1) is 0 Å². The maximum atomic E-state index is 12.4. The molecular formula is C21H18O9. The number of aliphatic carboxylic acids is 1. The highest BCUT2D eigenvalue weighted by molar-refractivity contribution is 5.79. The molecule has 2 aromatic carbocycles. The van der Waals surface area contributed by atoms with E-state index in [1.54, 1.807) is 42.5 Å². The van der Waals surface area contributed by atoms with E-state index in [2.05, 4.69) is 0 Å². The second kappa shape index (κ2) is 7.88. The topological polar surface area (TPSA) is 147 Å². The van der Waals surface area contributed by atoms with Crippen molar-refractivity contribution in [1.29, 1.82) is 0 Å². The Morgan fingerprint density at radius 1 is 0.933 bits per heavy atom. The third kappa shape index (κ3) is 3.55. The van der Waals surface area contributed by atoms with E-state index in [4.69, 9.17) is 13.9 Å². The highest BCUT2D eigenvalue weighted by Gasteiger charge is 2.48. The van der Waals surface area contributed by atoms with E-state index >= 15 is 0 Å². The molecule has 4 rings (SSSR count). The van der Waals surface area contributed by atoms with E-state index in [0.717, 1.165) is 0 Å². The summed E-state index contributed by atoms with van der Waals surface area (Å²) >= 11 is 0. The van der Waals surface area contributed by atoms with Crippen molar-refractivity contribution in [3.63, 3.8) is 0 Å². The molecule has 1 saturated heterocycles. The minimum Gasteiger partial charge on any atom is -0.479 e. The number of para-hydroxylation sites is 2. The molecule has 0 bridgehead atoms. The lowest BCUT2D eigenvalue weighted by Gasteiger charge is -2.38. The number of aliphatic hydroxyl groups is 3. The first-order valence-electron chi connectivity index (χ1n) is 9.08. The summed E-state index contributed by atoms with van der Waals surface area (Å²) in [6.07, 6.45) is -8.72. The van der Waals surface area contributed by atoms with Crippen LogP contribution in [0.1, 0.15) is 0 Å². The Hall–Kier alpha value is -3.24. The van der Waals surface area contributed by atoms with Crippen molar-refractivity contribution in [2.45, 2.75) is 30.7 Å². The summed E-state index contributed by atoms with van der Waals surface area (Å²) in [5, 5.41) is 39.6. The van der Waals surface area contributed by atoms with Crippen LogP contribution in [0.3, 0.4) is 0 Å². The van der Waals surface area contributed by atoms with Crippen molar-refractivity contribution in [3.05, 3.63) is 64.8 Å². The fraction of sp³-hybridized carbons (Fsp3) is 0.238. The van der Waals surface area contributed by atoms with Crippen LogP contribution in [0.2, 0.25) is 0 Å². The Labute approximate surface area is 169 Å². The number of carbonyl (C=O) groups is 1. The van der Waals surface area contributed by atoms with Crippen LogP contribution in [0.4, 0.5) is 0 Å². The molecule has 156 valence electrons. The summed E-state index contributed by atoms with van der Waals surface area (Å²) in [5.74, 6) is -1.21. The van der Waals surface area contributed by atoms with Gasteiger partial charge in [0.2, 0.25) is 6.29 Å². The predicted octanol–water partition coefficient (Wildman–Crippen LogP) is 0.731. The molecule has 1 aliphatic rings. The molecule has 0 radical (unpaired) electrons. The van der Waals surface area contributed by atoms with Crippen molar-refractivity contribution in [2.24, 2.45) is 0 Å². The third-order valence-electron chi connectivity index (χ3n) is 4.84. The monoisotopic (exact) mass is 414 g/mol. The van der Waals surface area contributed by atoms with Gasteiger partial charge in [-0.1, -0.05) is 24.3 Å². The largest absolute Gasteiger partial charge is 0.479 e. The first kappa shape index (κ1) is 20.0. The predicted molar refractivity (Wildman–Crippen MR) is 103 cm³/mol. The SMILES string of the molecule is O=C(O)[C@H]1O[C@@H](Oc2ccccc2-c2cc(=O)c3ccccc3o2)[C@H](O)[C@@H](O)[C@@H]1O. The van der Waals surface area contributed by atoms with Gasteiger partial charge in [-0.2, -0.15) is 0 Å². The summed E-state index contributed by atoms with van der Waals surface area (Å²) in [6.45, 7) is 0. The lowest BCUT2D eigenvalue weighted by atomic mass is 9.99.